The lowest BCUT2D eigenvalue weighted by atomic mass is 10.0. The third-order valence-electron chi connectivity index (χ3n) is 4.05. The maximum absolute atomic E-state index is 3.45. The zero-order valence-electron chi connectivity index (χ0n) is 13.6. The summed E-state index contributed by atoms with van der Waals surface area (Å²) in [6.07, 6.45) is 4.58. The van der Waals surface area contributed by atoms with Crippen LogP contribution in [0.15, 0.2) is 24.3 Å². The molecule has 0 aliphatic carbocycles. The van der Waals surface area contributed by atoms with Crippen LogP contribution >= 0.6 is 11.8 Å². The summed E-state index contributed by atoms with van der Waals surface area (Å²) in [7, 11) is 4.32. The molecule has 1 N–H and O–H groups in total. The van der Waals surface area contributed by atoms with Gasteiger partial charge >= 0.3 is 0 Å². The normalized spacial score (nSPS) is 14.5. The molecule has 0 aromatic heterocycles. The summed E-state index contributed by atoms with van der Waals surface area (Å²) in [5, 5.41) is 3.45. The zero-order chi connectivity index (χ0) is 15.0. The molecule has 0 aliphatic rings. The molecule has 0 heterocycles. The maximum Gasteiger partial charge on any atom is 0.0329 e. The van der Waals surface area contributed by atoms with Crippen molar-refractivity contribution < 1.29 is 0 Å². The number of benzene rings is 1. The van der Waals surface area contributed by atoms with Gasteiger partial charge in [0.15, 0.2) is 0 Å². The summed E-state index contributed by atoms with van der Waals surface area (Å²) in [5.74, 6) is 1.22. The van der Waals surface area contributed by atoms with Gasteiger partial charge in [-0.2, -0.15) is 11.8 Å². The molecule has 2 unspecified atom stereocenters. The zero-order valence-corrected chi connectivity index (χ0v) is 14.5. The predicted molar refractivity (Wildman–Crippen MR) is 92.7 cm³/mol. The standard InChI is InChI=1S/C17H30N2S/c1-6-16(13-20-5)19(4)12-11-17(18-3)15-9-7-14(2)8-10-15/h7-10,16-18H,6,11-13H2,1-5H3. The molecule has 0 aliphatic heterocycles. The molecule has 0 bridgehead atoms. The molecule has 3 heteroatoms. The third-order valence-corrected chi connectivity index (χ3v) is 4.77. The number of nitrogens with one attached hydrogen (secondary N) is 1. The summed E-state index contributed by atoms with van der Waals surface area (Å²) in [4.78, 5) is 2.51. The second kappa shape index (κ2) is 9.43. The van der Waals surface area contributed by atoms with Crippen molar-refractivity contribution in [2.75, 3.05) is 32.6 Å². The summed E-state index contributed by atoms with van der Waals surface area (Å²) in [6, 6.07) is 10.0. The van der Waals surface area contributed by atoms with Gasteiger partial charge in [0.05, 0.1) is 0 Å². The van der Waals surface area contributed by atoms with Crippen molar-refractivity contribution in [2.45, 2.75) is 38.8 Å². The summed E-state index contributed by atoms with van der Waals surface area (Å²) in [5.41, 5.74) is 2.72. The molecule has 1 rings (SSSR count). The van der Waals surface area contributed by atoms with E-state index in [0.717, 1.165) is 13.0 Å². The fraction of sp³-hybridized carbons (Fsp3) is 0.647. The molecule has 0 radical (unpaired) electrons. The Morgan fingerprint density at radius 1 is 1.25 bits per heavy atom. The van der Waals surface area contributed by atoms with Crippen LogP contribution in [0.2, 0.25) is 0 Å². The minimum atomic E-state index is 0.449. The van der Waals surface area contributed by atoms with Gasteiger partial charge in [0.2, 0.25) is 0 Å². The van der Waals surface area contributed by atoms with Gasteiger partial charge in [0.25, 0.3) is 0 Å². The lowest BCUT2D eigenvalue weighted by molar-refractivity contribution is 0.242. The Balaban J connectivity index is 2.54. The molecule has 0 fully saturated rings. The lowest BCUT2D eigenvalue weighted by Crippen LogP contribution is -2.35. The van der Waals surface area contributed by atoms with Crippen LogP contribution in [0.4, 0.5) is 0 Å². The van der Waals surface area contributed by atoms with Gasteiger partial charge in [0, 0.05) is 17.8 Å². The number of thioether (sulfide) groups is 1. The van der Waals surface area contributed by atoms with Crippen LogP contribution in [0, 0.1) is 6.92 Å². The number of rotatable bonds is 9. The number of hydrogen-bond acceptors (Lipinski definition) is 3. The molecule has 114 valence electrons. The molecule has 1 aromatic rings. The Morgan fingerprint density at radius 3 is 2.40 bits per heavy atom. The Labute approximate surface area is 129 Å². The Kier molecular flexibility index (Phi) is 8.27. The molecule has 0 saturated carbocycles. The van der Waals surface area contributed by atoms with Crippen molar-refractivity contribution in [3.05, 3.63) is 35.4 Å². The average Bonchev–Trinajstić information content (AvgIpc) is 2.46. The van der Waals surface area contributed by atoms with E-state index in [0.29, 0.717) is 12.1 Å². The highest BCUT2D eigenvalue weighted by atomic mass is 32.2. The van der Waals surface area contributed by atoms with Crippen molar-refractivity contribution in [2.24, 2.45) is 0 Å². The van der Waals surface area contributed by atoms with E-state index in [1.54, 1.807) is 0 Å². The summed E-state index contributed by atoms with van der Waals surface area (Å²) >= 11 is 1.94. The van der Waals surface area contributed by atoms with Crippen molar-refractivity contribution in [1.82, 2.24) is 10.2 Å². The largest absolute Gasteiger partial charge is 0.313 e. The Bertz CT molecular complexity index is 364. The van der Waals surface area contributed by atoms with E-state index in [4.69, 9.17) is 0 Å². The first-order valence-corrected chi connectivity index (χ1v) is 8.94. The highest BCUT2D eigenvalue weighted by Crippen LogP contribution is 2.18. The van der Waals surface area contributed by atoms with Crippen LogP contribution in [-0.2, 0) is 0 Å². The van der Waals surface area contributed by atoms with Crippen molar-refractivity contribution in [3.8, 4) is 0 Å². The summed E-state index contributed by atoms with van der Waals surface area (Å²) in [6.45, 7) is 5.56. The van der Waals surface area contributed by atoms with E-state index in [1.165, 1.54) is 23.3 Å². The summed E-state index contributed by atoms with van der Waals surface area (Å²) < 4.78 is 0. The number of nitrogens with zero attached hydrogens (tertiary/aromatic N) is 1. The first-order chi connectivity index (χ1) is 9.62. The van der Waals surface area contributed by atoms with Gasteiger partial charge in [-0.1, -0.05) is 36.8 Å². The second-order valence-corrected chi connectivity index (χ2v) is 6.45. The van der Waals surface area contributed by atoms with Crippen LogP contribution in [0.3, 0.4) is 0 Å². The molecular weight excluding hydrogens is 264 g/mol. The molecule has 20 heavy (non-hydrogen) atoms. The highest BCUT2D eigenvalue weighted by Gasteiger charge is 2.15. The second-order valence-electron chi connectivity index (χ2n) is 5.54. The van der Waals surface area contributed by atoms with Crippen LogP contribution in [0.1, 0.15) is 36.9 Å². The van der Waals surface area contributed by atoms with Crippen LogP contribution in [-0.4, -0.2) is 43.6 Å². The molecule has 1 aromatic carbocycles. The van der Waals surface area contributed by atoms with Gasteiger partial charge < -0.3 is 10.2 Å². The van der Waals surface area contributed by atoms with E-state index < -0.39 is 0 Å². The van der Waals surface area contributed by atoms with Gasteiger partial charge in [-0.05, 0) is 52.2 Å². The van der Waals surface area contributed by atoms with E-state index in [9.17, 15) is 0 Å². The molecule has 0 spiro atoms. The monoisotopic (exact) mass is 294 g/mol. The topological polar surface area (TPSA) is 15.3 Å². The van der Waals surface area contributed by atoms with E-state index >= 15 is 0 Å². The average molecular weight is 295 g/mol. The van der Waals surface area contributed by atoms with Gasteiger partial charge in [-0.25, -0.2) is 0 Å². The van der Waals surface area contributed by atoms with Crippen molar-refractivity contribution in [1.29, 1.82) is 0 Å². The molecule has 0 amide bonds. The van der Waals surface area contributed by atoms with Crippen molar-refractivity contribution >= 4 is 11.8 Å². The quantitative estimate of drug-likeness (QED) is 0.747. The highest BCUT2D eigenvalue weighted by molar-refractivity contribution is 7.98. The van der Waals surface area contributed by atoms with Crippen molar-refractivity contribution in [3.63, 3.8) is 0 Å². The van der Waals surface area contributed by atoms with E-state index in [-0.39, 0.29) is 0 Å². The lowest BCUT2D eigenvalue weighted by Gasteiger charge is -2.28. The van der Waals surface area contributed by atoms with Gasteiger partial charge in [-0.3, -0.25) is 0 Å². The molecular formula is C17H30N2S. The van der Waals surface area contributed by atoms with Gasteiger partial charge in [0.1, 0.15) is 0 Å². The number of hydrogen-bond donors (Lipinski definition) is 1. The SMILES string of the molecule is CCC(CSC)N(C)CCC(NC)c1ccc(C)cc1. The Hall–Kier alpha value is -0.510. The van der Waals surface area contributed by atoms with Crippen LogP contribution < -0.4 is 5.32 Å². The van der Waals surface area contributed by atoms with Crippen LogP contribution in [0.25, 0.3) is 0 Å². The fourth-order valence-corrected chi connectivity index (χ4v) is 3.42. The molecule has 2 nitrogen and oxygen atoms in total. The smallest absolute Gasteiger partial charge is 0.0329 e. The molecule has 2 atom stereocenters. The van der Waals surface area contributed by atoms with E-state index in [2.05, 4.69) is 68.7 Å². The first-order valence-electron chi connectivity index (χ1n) is 7.55. The third kappa shape index (κ3) is 5.47. The first kappa shape index (κ1) is 17.5. The maximum atomic E-state index is 3.45. The minimum Gasteiger partial charge on any atom is -0.313 e. The predicted octanol–water partition coefficient (Wildman–Crippen LogP) is 3.72. The van der Waals surface area contributed by atoms with Gasteiger partial charge in [-0.15, -0.1) is 0 Å². The molecule has 0 saturated heterocycles. The Morgan fingerprint density at radius 2 is 1.90 bits per heavy atom. The van der Waals surface area contributed by atoms with E-state index in [1.807, 2.05) is 11.8 Å². The number of aryl methyl sites for hydroxylation is 1. The fourth-order valence-electron chi connectivity index (χ4n) is 2.54. The van der Waals surface area contributed by atoms with Crippen LogP contribution in [0.5, 0.6) is 0 Å². The minimum absolute atomic E-state index is 0.449.